The Morgan fingerprint density at radius 3 is 2.50 bits per heavy atom. The van der Waals surface area contributed by atoms with Crippen molar-refractivity contribution < 1.29 is 0 Å². The minimum atomic E-state index is 0.738. The molecular weight excluding hydrogens is 376 g/mol. The van der Waals surface area contributed by atoms with Gasteiger partial charge in [0.15, 0.2) is 0 Å². The van der Waals surface area contributed by atoms with Gasteiger partial charge in [-0.25, -0.2) is 4.98 Å². The second-order valence-electron chi connectivity index (χ2n) is 3.86. The summed E-state index contributed by atoms with van der Waals surface area (Å²) >= 11 is 8.52. The average molecular weight is 384 g/mol. The predicted molar refractivity (Wildman–Crippen MR) is 84.9 cm³/mol. The highest BCUT2D eigenvalue weighted by atomic mass is 79.9. The summed E-state index contributed by atoms with van der Waals surface area (Å²) in [5.41, 5.74) is 8.75. The highest BCUT2D eigenvalue weighted by Gasteiger charge is 2.09. The quantitative estimate of drug-likeness (QED) is 0.595. The number of benzene rings is 2. The van der Waals surface area contributed by atoms with Crippen LogP contribution >= 0.6 is 43.2 Å². The Balaban J connectivity index is 2.19. The number of hydrogen-bond acceptors (Lipinski definition) is 3. The average Bonchev–Trinajstić information content (AvgIpc) is 2.71. The van der Waals surface area contributed by atoms with Crippen molar-refractivity contribution in [1.29, 1.82) is 0 Å². The molecule has 0 amide bonds. The fraction of sp³-hybridized carbons (Fsp3) is 0. The van der Waals surface area contributed by atoms with Crippen molar-refractivity contribution in [2.24, 2.45) is 0 Å². The summed E-state index contributed by atoms with van der Waals surface area (Å²) in [6, 6.07) is 12.0. The van der Waals surface area contributed by atoms with Crippen molar-refractivity contribution in [3.8, 4) is 10.6 Å². The largest absolute Gasteiger partial charge is 0.398 e. The van der Waals surface area contributed by atoms with E-state index >= 15 is 0 Å². The van der Waals surface area contributed by atoms with E-state index in [4.69, 9.17) is 5.73 Å². The topological polar surface area (TPSA) is 38.9 Å². The first-order valence-electron chi connectivity index (χ1n) is 5.25. The summed E-state index contributed by atoms with van der Waals surface area (Å²) in [5.74, 6) is 0. The molecule has 0 aliphatic carbocycles. The summed E-state index contributed by atoms with van der Waals surface area (Å²) < 4.78 is 3.18. The molecule has 3 rings (SSSR count). The molecule has 0 aliphatic rings. The molecular formula is C13H8Br2N2S. The number of thiazole rings is 1. The number of halogens is 2. The third-order valence-corrected chi connectivity index (χ3v) is 4.65. The first-order chi connectivity index (χ1) is 8.63. The van der Waals surface area contributed by atoms with E-state index < -0.39 is 0 Å². The second-order valence-corrected chi connectivity index (χ2v) is 6.72. The first-order valence-corrected chi connectivity index (χ1v) is 7.65. The van der Waals surface area contributed by atoms with Gasteiger partial charge in [0.2, 0.25) is 0 Å². The Kier molecular flexibility index (Phi) is 3.13. The van der Waals surface area contributed by atoms with Crippen molar-refractivity contribution >= 4 is 59.1 Å². The van der Waals surface area contributed by atoms with E-state index in [1.807, 2.05) is 30.3 Å². The summed E-state index contributed by atoms with van der Waals surface area (Å²) in [7, 11) is 0. The standard InChI is InChI=1S/C13H8Br2N2S/c14-7-1-3-9(10(16)5-7)13-17-11-6-8(15)2-4-12(11)18-13/h1-6H,16H2. The van der Waals surface area contributed by atoms with Gasteiger partial charge < -0.3 is 5.73 Å². The number of nitrogens with two attached hydrogens (primary N) is 1. The van der Waals surface area contributed by atoms with Crippen LogP contribution in [0.2, 0.25) is 0 Å². The van der Waals surface area contributed by atoms with Gasteiger partial charge in [0, 0.05) is 20.2 Å². The Morgan fingerprint density at radius 1 is 1.00 bits per heavy atom. The Labute approximate surface area is 125 Å². The van der Waals surface area contributed by atoms with Crippen LogP contribution in [0.5, 0.6) is 0 Å². The number of nitrogens with zero attached hydrogens (tertiary/aromatic N) is 1. The molecule has 18 heavy (non-hydrogen) atoms. The third-order valence-electron chi connectivity index (χ3n) is 2.59. The maximum absolute atomic E-state index is 6.03. The van der Waals surface area contributed by atoms with Gasteiger partial charge in [0.25, 0.3) is 0 Å². The first kappa shape index (κ1) is 12.1. The van der Waals surface area contributed by atoms with Crippen LogP contribution in [-0.2, 0) is 0 Å². The fourth-order valence-corrected chi connectivity index (χ4v) is 3.47. The lowest BCUT2D eigenvalue weighted by atomic mass is 10.2. The molecule has 0 saturated heterocycles. The SMILES string of the molecule is Nc1cc(Br)ccc1-c1nc2cc(Br)ccc2s1. The molecule has 0 fully saturated rings. The summed E-state index contributed by atoms with van der Waals surface area (Å²) in [6.45, 7) is 0. The molecule has 0 atom stereocenters. The highest BCUT2D eigenvalue weighted by Crippen LogP contribution is 2.35. The van der Waals surface area contributed by atoms with Crippen molar-refractivity contribution in [2.45, 2.75) is 0 Å². The zero-order valence-corrected chi connectivity index (χ0v) is 13.1. The molecule has 5 heteroatoms. The Bertz CT molecular complexity index is 737. The van der Waals surface area contributed by atoms with Crippen LogP contribution in [0, 0.1) is 0 Å². The van der Waals surface area contributed by atoms with Crippen LogP contribution < -0.4 is 5.73 Å². The maximum Gasteiger partial charge on any atom is 0.126 e. The van der Waals surface area contributed by atoms with Crippen LogP contribution in [0.4, 0.5) is 5.69 Å². The van der Waals surface area contributed by atoms with Crippen LogP contribution in [0.3, 0.4) is 0 Å². The van der Waals surface area contributed by atoms with E-state index in [1.54, 1.807) is 11.3 Å². The highest BCUT2D eigenvalue weighted by molar-refractivity contribution is 9.10. The van der Waals surface area contributed by atoms with Crippen molar-refractivity contribution in [1.82, 2.24) is 4.98 Å². The van der Waals surface area contributed by atoms with Crippen molar-refractivity contribution in [3.05, 3.63) is 45.3 Å². The minimum absolute atomic E-state index is 0.738. The molecule has 2 N–H and O–H groups in total. The van der Waals surface area contributed by atoms with E-state index in [2.05, 4.69) is 42.9 Å². The lowest BCUT2D eigenvalue weighted by molar-refractivity contribution is 1.47. The van der Waals surface area contributed by atoms with Gasteiger partial charge in [-0.15, -0.1) is 11.3 Å². The summed E-state index contributed by atoms with van der Waals surface area (Å²) in [4.78, 5) is 4.63. The molecule has 90 valence electrons. The van der Waals surface area contributed by atoms with Gasteiger partial charge in [0.05, 0.1) is 10.2 Å². The molecule has 3 aromatic rings. The van der Waals surface area contributed by atoms with Gasteiger partial charge in [-0.3, -0.25) is 0 Å². The smallest absolute Gasteiger partial charge is 0.126 e. The monoisotopic (exact) mass is 382 g/mol. The molecule has 2 aromatic carbocycles. The number of nitrogen functional groups attached to an aromatic ring is 1. The van der Waals surface area contributed by atoms with E-state index in [-0.39, 0.29) is 0 Å². The van der Waals surface area contributed by atoms with Crippen LogP contribution in [-0.4, -0.2) is 4.98 Å². The van der Waals surface area contributed by atoms with Gasteiger partial charge in [-0.2, -0.15) is 0 Å². The summed E-state index contributed by atoms with van der Waals surface area (Å²) in [5, 5.41) is 0.952. The number of anilines is 1. The van der Waals surface area contributed by atoms with Crippen LogP contribution in [0.25, 0.3) is 20.8 Å². The molecule has 0 spiro atoms. The normalized spacial score (nSPS) is 11.0. The minimum Gasteiger partial charge on any atom is -0.398 e. The fourth-order valence-electron chi connectivity index (χ4n) is 1.74. The van der Waals surface area contributed by atoms with E-state index in [0.29, 0.717) is 0 Å². The molecule has 2 nitrogen and oxygen atoms in total. The third kappa shape index (κ3) is 2.18. The van der Waals surface area contributed by atoms with Gasteiger partial charge in [0.1, 0.15) is 5.01 Å². The predicted octanol–water partition coefficient (Wildman–Crippen LogP) is 5.07. The zero-order valence-electron chi connectivity index (χ0n) is 9.15. The lowest BCUT2D eigenvalue weighted by Gasteiger charge is -2.01. The number of fused-ring (bicyclic) bond motifs is 1. The van der Waals surface area contributed by atoms with Gasteiger partial charge in [-0.1, -0.05) is 31.9 Å². The van der Waals surface area contributed by atoms with E-state index in [1.165, 1.54) is 0 Å². The number of rotatable bonds is 1. The van der Waals surface area contributed by atoms with Crippen molar-refractivity contribution in [2.75, 3.05) is 5.73 Å². The van der Waals surface area contributed by atoms with Crippen LogP contribution in [0.15, 0.2) is 45.3 Å². The molecule has 1 heterocycles. The number of aromatic nitrogens is 1. The maximum atomic E-state index is 6.03. The Hall–Kier alpha value is -0.910. The van der Waals surface area contributed by atoms with E-state index in [0.717, 1.165) is 35.4 Å². The summed E-state index contributed by atoms with van der Waals surface area (Å²) in [6.07, 6.45) is 0. The second kappa shape index (κ2) is 4.64. The zero-order chi connectivity index (χ0) is 12.7. The Morgan fingerprint density at radius 2 is 1.72 bits per heavy atom. The molecule has 0 radical (unpaired) electrons. The number of hydrogen-bond donors (Lipinski definition) is 1. The molecule has 0 saturated carbocycles. The molecule has 0 aliphatic heterocycles. The molecule has 0 bridgehead atoms. The van der Waals surface area contributed by atoms with Gasteiger partial charge in [-0.05, 0) is 36.4 Å². The van der Waals surface area contributed by atoms with Gasteiger partial charge >= 0.3 is 0 Å². The van der Waals surface area contributed by atoms with Crippen LogP contribution in [0.1, 0.15) is 0 Å². The van der Waals surface area contributed by atoms with Crippen molar-refractivity contribution in [3.63, 3.8) is 0 Å². The lowest BCUT2D eigenvalue weighted by Crippen LogP contribution is -1.89. The molecule has 0 unspecified atom stereocenters. The molecule has 1 aromatic heterocycles. The van der Waals surface area contributed by atoms with E-state index in [9.17, 15) is 0 Å².